The molecule has 2 aromatic rings. The third-order valence-corrected chi connectivity index (χ3v) is 3.14. The van der Waals surface area contributed by atoms with Crippen molar-refractivity contribution in [2.24, 2.45) is 0 Å². The molecule has 0 saturated heterocycles. The summed E-state index contributed by atoms with van der Waals surface area (Å²) in [5.41, 5.74) is 7.54. The zero-order valence-corrected chi connectivity index (χ0v) is 12.6. The van der Waals surface area contributed by atoms with Crippen LogP contribution >= 0.6 is 11.6 Å². The van der Waals surface area contributed by atoms with Crippen LogP contribution in [0.25, 0.3) is 0 Å². The molecule has 0 spiro atoms. The van der Waals surface area contributed by atoms with Gasteiger partial charge in [0, 0.05) is 0 Å². The minimum absolute atomic E-state index is 0.252. The number of nitrogens with two attached hydrogens (primary N) is 1. The normalized spacial score (nSPS) is 10.2. The van der Waals surface area contributed by atoms with Crippen LogP contribution in [-0.2, 0) is 4.74 Å². The van der Waals surface area contributed by atoms with Gasteiger partial charge in [0.1, 0.15) is 11.3 Å². The molecule has 110 valence electrons. The monoisotopic (exact) mass is 305 g/mol. The largest absolute Gasteiger partial charge is 0.462 e. The SMILES string of the molecule is CCOC(=O)c1cccc(N)c1Oc1ccc(C)cc1Cl. The fourth-order valence-electron chi connectivity index (χ4n) is 1.84. The number of hydrogen-bond acceptors (Lipinski definition) is 4. The van der Waals surface area contributed by atoms with E-state index in [1.165, 1.54) is 0 Å². The first-order chi connectivity index (χ1) is 10.0. The Morgan fingerprint density at radius 1 is 1.29 bits per heavy atom. The summed E-state index contributed by atoms with van der Waals surface area (Å²) in [5, 5.41) is 0.452. The van der Waals surface area contributed by atoms with E-state index in [2.05, 4.69) is 0 Å². The Balaban J connectivity index is 2.41. The number of para-hydroxylation sites is 1. The molecule has 0 saturated carbocycles. The lowest BCUT2D eigenvalue weighted by molar-refractivity contribution is 0.0523. The number of carbonyl (C=O) groups is 1. The maximum Gasteiger partial charge on any atom is 0.342 e. The van der Waals surface area contributed by atoms with Crippen molar-refractivity contribution in [3.05, 3.63) is 52.5 Å². The molecule has 2 aromatic carbocycles. The summed E-state index contributed by atoms with van der Waals surface area (Å²) in [6.45, 7) is 3.94. The Kier molecular flexibility index (Phi) is 4.70. The van der Waals surface area contributed by atoms with E-state index in [9.17, 15) is 4.79 Å². The summed E-state index contributed by atoms with van der Waals surface area (Å²) in [6, 6.07) is 10.3. The molecule has 0 heterocycles. The Bertz CT molecular complexity index is 671. The number of esters is 1. The maximum absolute atomic E-state index is 12.0. The highest BCUT2D eigenvalue weighted by molar-refractivity contribution is 6.32. The third-order valence-electron chi connectivity index (χ3n) is 2.84. The van der Waals surface area contributed by atoms with Crippen LogP contribution in [0.15, 0.2) is 36.4 Å². The molecular formula is C16H16ClNO3. The second-order valence-electron chi connectivity index (χ2n) is 4.48. The number of anilines is 1. The van der Waals surface area contributed by atoms with Crippen LogP contribution in [0, 0.1) is 6.92 Å². The van der Waals surface area contributed by atoms with Crippen molar-refractivity contribution in [3.8, 4) is 11.5 Å². The molecule has 0 aliphatic carbocycles. The quantitative estimate of drug-likeness (QED) is 0.679. The number of ether oxygens (including phenoxy) is 2. The predicted octanol–water partition coefficient (Wildman–Crippen LogP) is 4.20. The van der Waals surface area contributed by atoms with Crippen molar-refractivity contribution in [1.29, 1.82) is 0 Å². The third kappa shape index (κ3) is 3.47. The van der Waals surface area contributed by atoms with E-state index in [4.69, 9.17) is 26.8 Å². The molecule has 2 rings (SSSR count). The molecule has 0 unspecified atom stereocenters. The zero-order chi connectivity index (χ0) is 15.4. The molecule has 4 nitrogen and oxygen atoms in total. The molecular weight excluding hydrogens is 290 g/mol. The van der Waals surface area contributed by atoms with Crippen molar-refractivity contribution >= 4 is 23.3 Å². The van der Waals surface area contributed by atoms with E-state index in [0.29, 0.717) is 16.5 Å². The van der Waals surface area contributed by atoms with Crippen LogP contribution in [0.4, 0.5) is 5.69 Å². The topological polar surface area (TPSA) is 61.5 Å². The van der Waals surface area contributed by atoms with Crippen molar-refractivity contribution in [2.45, 2.75) is 13.8 Å². The van der Waals surface area contributed by atoms with Gasteiger partial charge in [0.05, 0.1) is 17.3 Å². The lowest BCUT2D eigenvalue weighted by Crippen LogP contribution is -2.08. The van der Waals surface area contributed by atoms with Gasteiger partial charge in [-0.2, -0.15) is 0 Å². The number of aryl methyl sites for hydroxylation is 1. The van der Waals surface area contributed by atoms with Gasteiger partial charge in [-0.15, -0.1) is 0 Å². The van der Waals surface area contributed by atoms with Crippen molar-refractivity contribution in [1.82, 2.24) is 0 Å². The number of nitrogen functional groups attached to an aromatic ring is 1. The lowest BCUT2D eigenvalue weighted by atomic mass is 10.1. The van der Waals surface area contributed by atoms with Gasteiger partial charge < -0.3 is 15.2 Å². The average molecular weight is 306 g/mol. The number of halogens is 1. The van der Waals surface area contributed by atoms with Crippen LogP contribution in [0.3, 0.4) is 0 Å². The lowest BCUT2D eigenvalue weighted by Gasteiger charge is -2.14. The van der Waals surface area contributed by atoms with E-state index in [1.807, 2.05) is 13.0 Å². The second kappa shape index (κ2) is 6.50. The minimum atomic E-state index is -0.483. The van der Waals surface area contributed by atoms with Gasteiger partial charge in [0.15, 0.2) is 5.75 Å². The highest BCUT2D eigenvalue weighted by Gasteiger charge is 2.17. The fourth-order valence-corrected chi connectivity index (χ4v) is 2.11. The number of carbonyl (C=O) groups excluding carboxylic acids is 1. The van der Waals surface area contributed by atoms with Gasteiger partial charge in [-0.05, 0) is 43.7 Å². The van der Waals surface area contributed by atoms with Gasteiger partial charge >= 0.3 is 5.97 Å². The Hall–Kier alpha value is -2.20. The number of rotatable bonds is 4. The van der Waals surface area contributed by atoms with E-state index in [0.717, 1.165) is 5.56 Å². The summed E-state index contributed by atoms with van der Waals surface area (Å²) in [5.74, 6) is 0.204. The van der Waals surface area contributed by atoms with Gasteiger partial charge in [-0.1, -0.05) is 23.7 Å². The van der Waals surface area contributed by atoms with Crippen molar-refractivity contribution < 1.29 is 14.3 Å². The summed E-state index contributed by atoms with van der Waals surface area (Å²) in [6.07, 6.45) is 0. The molecule has 0 amide bonds. The minimum Gasteiger partial charge on any atom is -0.462 e. The van der Waals surface area contributed by atoms with Gasteiger partial charge in [-0.25, -0.2) is 4.79 Å². The zero-order valence-electron chi connectivity index (χ0n) is 11.9. The van der Waals surface area contributed by atoms with Crippen molar-refractivity contribution in [2.75, 3.05) is 12.3 Å². The Morgan fingerprint density at radius 3 is 2.71 bits per heavy atom. The fraction of sp³-hybridized carbons (Fsp3) is 0.188. The standard InChI is InChI=1S/C16H16ClNO3/c1-3-20-16(19)11-5-4-6-13(18)15(11)21-14-8-7-10(2)9-12(14)17/h4-9H,3,18H2,1-2H3. The van der Waals surface area contributed by atoms with E-state index in [-0.39, 0.29) is 17.9 Å². The highest BCUT2D eigenvalue weighted by atomic mass is 35.5. The molecule has 2 N–H and O–H groups in total. The summed E-state index contributed by atoms with van der Waals surface area (Å²) >= 11 is 6.14. The highest BCUT2D eigenvalue weighted by Crippen LogP contribution is 2.35. The first-order valence-corrected chi connectivity index (χ1v) is 6.90. The number of hydrogen-bond donors (Lipinski definition) is 1. The number of benzene rings is 2. The van der Waals surface area contributed by atoms with E-state index >= 15 is 0 Å². The van der Waals surface area contributed by atoms with Crippen LogP contribution < -0.4 is 10.5 Å². The van der Waals surface area contributed by atoms with Crippen LogP contribution in [0.1, 0.15) is 22.8 Å². The molecule has 5 heteroatoms. The summed E-state index contributed by atoms with van der Waals surface area (Å²) in [7, 11) is 0. The van der Waals surface area contributed by atoms with Crippen LogP contribution in [0.2, 0.25) is 5.02 Å². The summed E-state index contributed by atoms with van der Waals surface area (Å²) < 4.78 is 10.7. The van der Waals surface area contributed by atoms with Crippen LogP contribution in [-0.4, -0.2) is 12.6 Å². The average Bonchev–Trinajstić information content (AvgIpc) is 2.43. The molecule has 0 fully saturated rings. The molecule has 0 aromatic heterocycles. The molecule has 0 bridgehead atoms. The molecule has 0 aliphatic rings. The first-order valence-electron chi connectivity index (χ1n) is 6.52. The molecule has 21 heavy (non-hydrogen) atoms. The van der Waals surface area contributed by atoms with E-state index in [1.54, 1.807) is 37.3 Å². The summed E-state index contributed by atoms with van der Waals surface area (Å²) in [4.78, 5) is 12.0. The second-order valence-corrected chi connectivity index (χ2v) is 4.89. The Morgan fingerprint density at radius 2 is 2.05 bits per heavy atom. The smallest absolute Gasteiger partial charge is 0.342 e. The molecule has 0 atom stereocenters. The maximum atomic E-state index is 12.0. The molecule has 0 aliphatic heterocycles. The van der Waals surface area contributed by atoms with Gasteiger partial charge in [0.25, 0.3) is 0 Å². The first kappa shape index (κ1) is 15.2. The van der Waals surface area contributed by atoms with Gasteiger partial charge in [0.2, 0.25) is 0 Å². The predicted molar refractivity (Wildman–Crippen MR) is 83.1 cm³/mol. The Labute approximate surface area is 128 Å². The van der Waals surface area contributed by atoms with Crippen LogP contribution in [0.5, 0.6) is 11.5 Å². The van der Waals surface area contributed by atoms with Crippen molar-refractivity contribution in [3.63, 3.8) is 0 Å². The molecule has 0 radical (unpaired) electrons. The van der Waals surface area contributed by atoms with E-state index < -0.39 is 5.97 Å². The van der Waals surface area contributed by atoms with Gasteiger partial charge in [-0.3, -0.25) is 0 Å².